The lowest BCUT2D eigenvalue weighted by Crippen LogP contribution is -2.43. The van der Waals surface area contributed by atoms with Crippen molar-refractivity contribution in [1.82, 2.24) is 14.8 Å². The van der Waals surface area contributed by atoms with Gasteiger partial charge in [0.1, 0.15) is 5.03 Å². The van der Waals surface area contributed by atoms with Gasteiger partial charge in [-0.15, -0.1) is 5.10 Å². The van der Waals surface area contributed by atoms with Gasteiger partial charge in [-0.05, 0) is 25.7 Å². The summed E-state index contributed by atoms with van der Waals surface area (Å²) in [7, 11) is 1.71. The summed E-state index contributed by atoms with van der Waals surface area (Å²) in [4.78, 5) is 29.1. The first kappa shape index (κ1) is 15.8. The van der Waals surface area contributed by atoms with Gasteiger partial charge in [-0.2, -0.15) is 4.98 Å². The van der Waals surface area contributed by atoms with Crippen LogP contribution in [0.4, 0.5) is 5.95 Å². The molecule has 0 aliphatic carbocycles. The molecule has 2 heterocycles. The van der Waals surface area contributed by atoms with E-state index in [-0.39, 0.29) is 11.0 Å². The molecule has 2 unspecified atom stereocenters. The van der Waals surface area contributed by atoms with Crippen molar-refractivity contribution in [3.05, 3.63) is 10.6 Å². The molecule has 1 aliphatic rings. The molecule has 1 amide bonds. The Morgan fingerprint density at radius 1 is 1.52 bits per heavy atom. The van der Waals surface area contributed by atoms with Gasteiger partial charge >= 0.3 is 5.97 Å². The number of nitrogens with zero attached hydrogens (tertiary/aromatic N) is 4. The number of carboxylic acid groups (broad SMARTS) is 1. The molecule has 0 radical (unpaired) electrons. The number of thioether (sulfide) groups is 1. The molecule has 0 saturated carbocycles. The number of carboxylic acids is 1. The van der Waals surface area contributed by atoms with Crippen molar-refractivity contribution >= 4 is 41.2 Å². The largest absolute Gasteiger partial charge is 0.481 e. The first-order valence-electron chi connectivity index (χ1n) is 6.17. The predicted molar refractivity (Wildman–Crippen MR) is 79.4 cm³/mol. The smallest absolute Gasteiger partial charge is 0.308 e. The second-order valence-corrected chi connectivity index (χ2v) is 5.92. The summed E-state index contributed by atoms with van der Waals surface area (Å²) < 4.78 is 1.54. The average Bonchev–Trinajstić information content (AvgIpc) is 2.91. The van der Waals surface area contributed by atoms with Gasteiger partial charge in [0, 0.05) is 7.05 Å². The Bertz CT molecular complexity index is 642. The molecule has 0 saturated heterocycles. The SMILES string of the molecule is CSc1nc(N2C(=O)C(Cl)=C(C)C2C(C)C(=O)O)nn1C. The zero-order valence-electron chi connectivity index (χ0n) is 12.0. The number of carbonyl (C=O) groups is 2. The zero-order valence-corrected chi connectivity index (χ0v) is 13.6. The summed E-state index contributed by atoms with van der Waals surface area (Å²) in [5.41, 5.74) is 0.523. The Kier molecular flexibility index (Phi) is 4.29. The fraction of sp³-hybridized carbons (Fsp3) is 0.500. The number of amides is 1. The van der Waals surface area contributed by atoms with E-state index in [0.717, 1.165) is 0 Å². The maximum atomic E-state index is 12.3. The number of anilines is 1. The lowest BCUT2D eigenvalue weighted by Gasteiger charge is -2.26. The third kappa shape index (κ3) is 2.53. The van der Waals surface area contributed by atoms with Crippen LogP contribution in [0.5, 0.6) is 0 Å². The lowest BCUT2D eigenvalue weighted by molar-refractivity contribution is -0.141. The van der Waals surface area contributed by atoms with Crippen molar-refractivity contribution in [1.29, 1.82) is 0 Å². The monoisotopic (exact) mass is 330 g/mol. The molecule has 1 aliphatic heterocycles. The Morgan fingerprint density at radius 3 is 2.62 bits per heavy atom. The van der Waals surface area contributed by atoms with Crippen molar-refractivity contribution in [3.63, 3.8) is 0 Å². The quantitative estimate of drug-likeness (QED) is 0.841. The summed E-state index contributed by atoms with van der Waals surface area (Å²) in [5, 5.41) is 14.1. The minimum atomic E-state index is -1.01. The van der Waals surface area contributed by atoms with Crippen molar-refractivity contribution in [2.24, 2.45) is 13.0 Å². The lowest BCUT2D eigenvalue weighted by atomic mass is 9.96. The molecule has 0 fully saturated rings. The average molecular weight is 331 g/mol. The molecule has 1 N–H and O–H groups in total. The molecule has 114 valence electrons. The predicted octanol–water partition coefficient (Wildman–Crippen LogP) is 1.49. The van der Waals surface area contributed by atoms with Crippen LogP contribution in [0.2, 0.25) is 0 Å². The highest BCUT2D eigenvalue weighted by molar-refractivity contribution is 7.98. The second-order valence-electron chi connectivity index (χ2n) is 4.77. The van der Waals surface area contributed by atoms with Gasteiger partial charge in [0.25, 0.3) is 11.9 Å². The molecule has 1 aromatic rings. The van der Waals surface area contributed by atoms with Gasteiger partial charge < -0.3 is 5.11 Å². The van der Waals surface area contributed by atoms with Crippen LogP contribution in [-0.4, -0.2) is 44.0 Å². The molecule has 9 heteroatoms. The Hall–Kier alpha value is -1.54. The first-order chi connectivity index (χ1) is 9.79. The third-order valence-electron chi connectivity index (χ3n) is 3.45. The Morgan fingerprint density at radius 2 is 2.14 bits per heavy atom. The van der Waals surface area contributed by atoms with E-state index >= 15 is 0 Å². The van der Waals surface area contributed by atoms with Crippen LogP contribution < -0.4 is 4.90 Å². The third-order valence-corrected chi connectivity index (χ3v) is 4.63. The van der Waals surface area contributed by atoms with Gasteiger partial charge in [-0.3, -0.25) is 14.5 Å². The van der Waals surface area contributed by atoms with Crippen LogP contribution in [0.25, 0.3) is 0 Å². The topological polar surface area (TPSA) is 88.3 Å². The molecular weight excluding hydrogens is 316 g/mol. The molecule has 0 aromatic carbocycles. The summed E-state index contributed by atoms with van der Waals surface area (Å²) in [6.45, 7) is 3.19. The number of rotatable bonds is 4. The van der Waals surface area contributed by atoms with Crippen molar-refractivity contribution in [2.45, 2.75) is 25.0 Å². The number of hydrogen-bond donors (Lipinski definition) is 1. The molecule has 21 heavy (non-hydrogen) atoms. The minimum Gasteiger partial charge on any atom is -0.481 e. The molecule has 2 atom stereocenters. The van der Waals surface area contributed by atoms with Crippen LogP contribution in [0.15, 0.2) is 15.8 Å². The maximum Gasteiger partial charge on any atom is 0.308 e. The van der Waals surface area contributed by atoms with E-state index in [1.165, 1.54) is 28.3 Å². The van der Waals surface area contributed by atoms with E-state index in [2.05, 4.69) is 10.1 Å². The second kappa shape index (κ2) is 5.69. The van der Waals surface area contributed by atoms with Gasteiger partial charge in [0.15, 0.2) is 5.16 Å². The highest BCUT2D eigenvalue weighted by Gasteiger charge is 2.44. The van der Waals surface area contributed by atoms with Crippen molar-refractivity contribution < 1.29 is 14.7 Å². The van der Waals surface area contributed by atoms with E-state index in [1.54, 1.807) is 14.0 Å². The number of halogens is 1. The summed E-state index contributed by atoms with van der Waals surface area (Å²) in [6.07, 6.45) is 1.84. The number of hydrogen-bond acceptors (Lipinski definition) is 5. The Labute approximate surface area is 131 Å². The highest BCUT2D eigenvalue weighted by Crippen LogP contribution is 2.35. The highest BCUT2D eigenvalue weighted by atomic mass is 35.5. The fourth-order valence-corrected chi connectivity index (χ4v) is 2.99. The van der Waals surface area contributed by atoms with E-state index in [9.17, 15) is 14.7 Å². The van der Waals surface area contributed by atoms with E-state index in [4.69, 9.17) is 11.6 Å². The maximum absolute atomic E-state index is 12.3. The van der Waals surface area contributed by atoms with Crippen LogP contribution in [0, 0.1) is 5.92 Å². The molecule has 7 nitrogen and oxygen atoms in total. The Balaban J connectivity index is 2.49. The van der Waals surface area contributed by atoms with Gasteiger partial charge in [-0.1, -0.05) is 23.4 Å². The van der Waals surface area contributed by atoms with Crippen LogP contribution in [0.1, 0.15) is 13.8 Å². The van der Waals surface area contributed by atoms with Crippen LogP contribution >= 0.6 is 23.4 Å². The van der Waals surface area contributed by atoms with Gasteiger partial charge in [0.2, 0.25) is 0 Å². The van der Waals surface area contributed by atoms with Crippen molar-refractivity contribution in [2.75, 3.05) is 11.2 Å². The van der Waals surface area contributed by atoms with E-state index in [1.807, 2.05) is 6.26 Å². The molecule has 0 bridgehead atoms. The minimum absolute atomic E-state index is 0.0336. The number of aryl methyl sites for hydroxylation is 1. The number of aliphatic carboxylic acids is 1. The standard InChI is InChI=1S/C12H15ClN4O3S/c1-5-7(13)9(18)17(8(5)6(2)10(19)20)11-14-12(21-4)16(3)15-11/h6,8H,1-4H3,(H,19,20). The molecule has 1 aromatic heterocycles. The molecular formula is C12H15ClN4O3S. The summed E-state index contributed by atoms with van der Waals surface area (Å²) >= 11 is 7.39. The number of aromatic nitrogens is 3. The first-order valence-corrected chi connectivity index (χ1v) is 7.77. The van der Waals surface area contributed by atoms with Crippen LogP contribution in [0.3, 0.4) is 0 Å². The van der Waals surface area contributed by atoms with Crippen LogP contribution in [-0.2, 0) is 16.6 Å². The molecule has 2 rings (SSSR count). The summed E-state index contributed by atoms with van der Waals surface area (Å²) in [6, 6.07) is -0.681. The van der Waals surface area contributed by atoms with Crippen molar-refractivity contribution in [3.8, 4) is 0 Å². The fourth-order valence-electron chi connectivity index (χ4n) is 2.31. The zero-order chi connectivity index (χ0) is 15.9. The normalized spacial score (nSPS) is 20.3. The summed E-state index contributed by atoms with van der Waals surface area (Å²) in [5.74, 6) is -2.12. The van der Waals surface area contributed by atoms with Gasteiger partial charge in [0.05, 0.1) is 12.0 Å². The van der Waals surface area contributed by atoms with E-state index in [0.29, 0.717) is 10.7 Å². The number of carbonyl (C=O) groups excluding carboxylic acids is 1. The van der Waals surface area contributed by atoms with E-state index < -0.39 is 23.8 Å². The van der Waals surface area contributed by atoms with Gasteiger partial charge in [-0.25, -0.2) is 4.68 Å². The molecule has 0 spiro atoms.